The van der Waals surface area contributed by atoms with E-state index in [2.05, 4.69) is 18.8 Å². The molecule has 0 unspecified atom stereocenters. The van der Waals surface area contributed by atoms with Crippen LogP contribution in [-0.4, -0.2) is 26.9 Å². The fourth-order valence-electron chi connectivity index (χ4n) is 3.08. The molecule has 6 heteroatoms. The minimum atomic E-state index is -0.316. The topological polar surface area (TPSA) is 38.1 Å². The number of carbonyl (C=O) groups is 1. The molecule has 0 bridgehead atoms. The van der Waals surface area contributed by atoms with Gasteiger partial charge in [0.15, 0.2) is 5.82 Å². The Morgan fingerprint density at radius 1 is 1.23 bits per heavy atom. The van der Waals surface area contributed by atoms with Crippen molar-refractivity contribution >= 4 is 28.3 Å². The van der Waals surface area contributed by atoms with Crippen LogP contribution in [-0.2, 0) is 13.1 Å². The molecule has 0 aliphatic carbocycles. The average molecular weight is 373 g/mol. The van der Waals surface area contributed by atoms with Gasteiger partial charge in [0.1, 0.15) is 11.3 Å². The highest BCUT2D eigenvalue weighted by Gasteiger charge is 2.21. The number of rotatable bonds is 8. The summed E-state index contributed by atoms with van der Waals surface area (Å²) in [5.41, 5.74) is 1.18. The Bertz CT molecular complexity index is 873. The largest absolute Gasteiger partial charge is 0.330 e. The van der Waals surface area contributed by atoms with Crippen LogP contribution in [0.25, 0.3) is 11.0 Å². The van der Waals surface area contributed by atoms with E-state index in [0.29, 0.717) is 18.6 Å². The second kappa shape index (κ2) is 8.45. The molecule has 2 heterocycles. The molecular formula is C20H24FN3OS. The second-order valence-electron chi connectivity index (χ2n) is 6.34. The van der Waals surface area contributed by atoms with Crippen molar-refractivity contribution < 1.29 is 9.18 Å². The molecule has 0 aliphatic heterocycles. The Balaban J connectivity index is 1.96. The van der Waals surface area contributed by atoms with Crippen LogP contribution >= 0.6 is 11.3 Å². The lowest BCUT2D eigenvalue weighted by atomic mass is 10.3. The summed E-state index contributed by atoms with van der Waals surface area (Å²) < 4.78 is 16.2. The van der Waals surface area contributed by atoms with E-state index in [9.17, 15) is 9.18 Å². The number of benzene rings is 1. The predicted molar refractivity (Wildman–Crippen MR) is 104 cm³/mol. The van der Waals surface area contributed by atoms with E-state index in [4.69, 9.17) is 0 Å². The van der Waals surface area contributed by atoms with Gasteiger partial charge in [-0.05, 0) is 36.4 Å². The molecule has 0 radical (unpaired) electrons. The van der Waals surface area contributed by atoms with Gasteiger partial charge in [-0.1, -0.05) is 32.4 Å². The monoisotopic (exact) mass is 373 g/mol. The van der Waals surface area contributed by atoms with Crippen LogP contribution in [0.4, 0.5) is 4.39 Å². The standard InChI is InChI=1S/C20H24FN3OS/c1-3-5-12-23(20(25)17-10-7-13-26-17)14-18-22-19-15(21)8-6-9-16(19)24(18)11-4-2/h6-10,13H,3-5,11-12,14H2,1-2H3. The zero-order chi connectivity index (χ0) is 18.5. The Kier molecular flexibility index (Phi) is 6.04. The SMILES string of the molecule is CCCCN(Cc1nc2c(F)cccc2n1CCC)C(=O)c1cccs1. The van der Waals surface area contributed by atoms with Gasteiger partial charge in [-0.2, -0.15) is 0 Å². The summed E-state index contributed by atoms with van der Waals surface area (Å²) in [6.07, 6.45) is 2.86. The zero-order valence-electron chi connectivity index (χ0n) is 15.2. The molecule has 0 N–H and O–H groups in total. The highest BCUT2D eigenvalue weighted by molar-refractivity contribution is 7.12. The van der Waals surface area contributed by atoms with Gasteiger partial charge >= 0.3 is 0 Å². The number of thiophene rings is 1. The number of imidazole rings is 1. The predicted octanol–water partition coefficient (Wildman–Crippen LogP) is 5.09. The van der Waals surface area contributed by atoms with Gasteiger partial charge in [-0.3, -0.25) is 4.79 Å². The summed E-state index contributed by atoms with van der Waals surface area (Å²) in [6, 6.07) is 8.77. The van der Waals surface area contributed by atoms with E-state index in [1.54, 1.807) is 6.07 Å². The van der Waals surface area contributed by atoms with Gasteiger partial charge in [0.2, 0.25) is 0 Å². The van der Waals surface area contributed by atoms with Crippen molar-refractivity contribution in [2.24, 2.45) is 0 Å². The van der Waals surface area contributed by atoms with E-state index in [-0.39, 0.29) is 11.7 Å². The molecule has 1 aromatic carbocycles. The van der Waals surface area contributed by atoms with Gasteiger partial charge in [0.05, 0.1) is 16.9 Å². The fourth-order valence-corrected chi connectivity index (χ4v) is 3.77. The molecule has 138 valence electrons. The van der Waals surface area contributed by atoms with E-state index < -0.39 is 0 Å². The van der Waals surface area contributed by atoms with Crippen molar-refractivity contribution in [2.45, 2.75) is 46.2 Å². The number of unbranched alkanes of at least 4 members (excludes halogenated alkanes) is 1. The number of hydrogen-bond donors (Lipinski definition) is 0. The van der Waals surface area contributed by atoms with E-state index in [0.717, 1.165) is 42.0 Å². The number of fused-ring (bicyclic) bond motifs is 1. The first kappa shape index (κ1) is 18.6. The molecule has 0 fully saturated rings. The lowest BCUT2D eigenvalue weighted by molar-refractivity contribution is 0.0739. The molecule has 0 atom stereocenters. The van der Waals surface area contributed by atoms with Crippen LogP contribution in [0.15, 0.2) is 35.7 Å². The van der Waals surface area contributed by atoms with E-state index in [1.165, 1.54) is 17.4 Å². The number of para-hydroxylation sites is 1. The Morgan fingerprint density at radius 3 is 2.77 bits per heavy atom. The first-order valence-electron chi connectivity index (χ1n) is 9.12. The van der Waals surface area contributed by atoms with Crippen molar-refractivity contribution in [2.75, 3.05) is 6.54 Å². The summed E-state index contributed by atoms with van der Waals surface area (Å²) in [6.45, 7) is 6.01. The summed E-state index contributed by atoms with van der Waals surface area (Å²) >= 11 is 1.45. The Hall–Kier alpha value is -2.21. The molecule has 1 amide bonds. The number of aromatic nitrogens is 2. The molecule has 0 saturated carbocycles. The van der Waals surface area contributed by atoms with E-state index in [1.807, 2.05) is 33.0 Å². The van der Waals surface area contributed by atoms with Gasteiger partial charge < -0.3 is 9.47 Å². The van der Waals surface area contributed by atoms with Gasteiger partial charge in [-0.15, -0.1) is 11.3 Å². The third kappa shape index (κ3) is 3.80. The first-order chi connectivity index (χ1) is 12.7. The molecule has 0 saturated heterocycles. The smallest absolute Gasteiger partial charge is 0.264 e. The molecule has 26 heavy (non-hydrogen) atoms. The molecule has 4 nitrogen and oxygen atoms in total. The van der Waals surface area contributed by atoms with Gasteiger partial charge in [-0.25, -0.2) is 9.37 Å². The summed E-state index contributed by atoms with van der Waals surface area (Å²) in [4.78, 5) is 20.0. The molecule has 3 rings (SSSR count). The number of carbonyl (C=O) groups excluding carboxylic acids is 1. The van der Waals surface area contributed by atoms with Crippen LogP contribution in [0.5, 0.6) is 0 Å². The normalized spacial score (nSPS) is 11.2. The van der Waals surface area contributed by atoms with Crippen molar-refractivity contribution in [1.29, 1.82) is 0 Å². The lowest BCUT2D eigenvalue weighted by Crippen LogP contribution is -2.32. The fraction of sp³-hybridized carbons (Fsp3) is 0.400. The number of nitrogens with zero attached hydrogens (tertiary/aromatic N) is 3. The maximum absolute atomic E-state index is 14.2. The quantitative estimate of drug-likeness (QED) is 0.552. The highest BCUT2D eigenvalue weighted by atomic mass is 32.1. The molecule has 0 spiro atoms. The average Bonchev–Trinajstić information content (AvgIpc) is 3.28. The van der Waals surface area contributed by atoms with Crippen molar-refractivity contribution in [3.8, 4) is 0 Å². The Morgan fingerprint density at radius 2 is 2.08 bits per heavy atom. The first-order valence-corrected chi connectivity index (χ1v) is 10.00. The summed E-state index contributed by atoms with van der Waals surface area (Å²) in [5.74, 6) is 0.445. The third-order valence-corrected chi connectivity index (χ3v) is 5.25. The number of aryl methyl sites for hydroxylation is 1. The van der Waals surface area contributed by atoms with Crippen LogP contribution < -0.4 is 0 Å². The maximum atomic E-state index is 14.2. The minimum Gasteiger partial charge on any atom is -0.330 e. The van der Waals surface area contributed by atoms with Gasteiger partial charge in [0.25, 0.3) is 5.91 Å². The van der Waals surface area contributed by atoms with Crippen molar-refractivity contribution in [3.05, 3.63) is 52.2 Å². The number of halogens is 1. The summed E-state index contributed by atoms with van der Waals surface area (Å²) in [7, 11) is 0. The molecule has 2 aromatic heterocycles. The molecule has 3 aromatic rings. The van der Waals surface area contributed by atoms with Crippen molar-refractivity contribution in [1.82, 2.24) is 14.5 Å². The van der Waals surface area contributed by atoms with Gasteiger partial charge in [0, 0.05) is 13.1 Å². The Labute approximate surface area is 157 Å². The van der Waals surface area contributed by atoms with Crippen LogP contribution in [0, 0.1) is 5.82 Å². The molecule has 0 aliphatic rings. The lowest BCUT2D eigenvalue weighted by Gasteiger charge is -2.22. The summed E-state index contributed by atoms with van der Waals surface area (Å²) in [5, 5.41) is 1.91. The van der Waals surface area contributed by atoms with Crippen LogP contribution in [0.1, 0.15) is 48.6 Å². The third-order valence-electron chi connectivity index (χ3n) is 4.39. The van der Waals surface area contributed by atoms with Crippen LogP contribution in [0.3, 0.4) is 0 Å². The highest BCUT2D eigenvalue weighted by Crippen LogP contribution is 2.22. The van der Waals surface area contributed by atoms with E-state index >= 15 is 0 Å². The molecular weight excluding hydrogens is 349 g/mol. The number of hydrogen-bond acceptors (Lipinski definition) is 3. The minimum absolute atomic E-state index is 0.0176. The zero-order valence-corrected chi connectivity index (χ0v) is 16.1. The van der Waals surface area contributed by atoms with Crippen LogP contribution in [0.2, 0.25) is 0 Å². The van der Waals surface area contributed by atoms with Crippen molar-refractivity contribution in [3.63, 3.8) is 0 Å². The maximum Gasteiger partial charge on any atom is 0.264 e. The second-order valence-corrected chi connectivity index (χ2v) is 7.29. The number of amides is 1.